The van der Waals surface area contributed by atoms with Gasteiger partial charge in [-0.05, 0) is 5.41 Å². The van der Waals surface area contributed by atoms with Crippen LogP contribution in [0.15, 0.2) is 12.1 Å². The van der Waals surface area contributed by atoms with Gasteiger partial charge in [-0.25, -0.2) is 0 Å². The van der Waals surface area contributed by atoms with E-state index in [-0.39, 0.29) is 21.5 Å². The molecule has 0 aliphatic rings. The number of nitro benzene ring substituents is 2. The number of nitrogens with zero attached hydrogens (tertiary/aromatic N) is 3. The van der Waals surface area contributed by atoms with Crippen molar-refractivity contribution in [3.8, 4) is 6.07 Å². The largest absolute Gasteiger partial charge is 0.320 e. The third kappa shape index (κ3) is 5.15. The van der Waals surface area contributed by atoms with Crippen LogP contribution in [-0.2, 0) is 0 Å². The van der Waals surface area contributed by atoms with Gasteiger partial charge in [0.25, 0.3) is 11.4 Å². The van der Waals surface area contributed by atoms with Gasteiger partial charge in [-0.1, -0.05) is 44.9 Å². The highest BCUT2D eigenvalue weighted by Crippen LogP contribution is 2.29. The quantitative estimate of drug-likeness (QED) is 0.370. The summed E-state index contributed by atoms with van der Waals surface area (Å²) < 4.78 is 2.80. The second kappa shape index (κ2) is 7.34. The topological polar surface area (TPSA) is 122 Å². The van der Waals surface area contributed by atoms with Crippen molar-refractivity contribution in [1.29, 1.82) is 5.26 Å². The molecule has 0 radical (unpaired) electrons. The lowest BCUT2D eigenvalue weighted by molar-refractivity contribution is -0.394. The maximum Gasteiger partial charge on any atom is 0.287 e. The molecule has 0 aromatic heterocycles. The van der Waals surface area contributed by atoms with Crippen LogP contribution in [0.25, 0.3) is 0 Å². The molecular weight excluding hydrogens is 340 g/mol. The standard InChI is InChI=1S/C13H14N4O4S2/c1-13(2,3)7-23-15-12(22)11-8(6-14)4-9(16(18)19)5-10(11)17(20)21/h4-5H,7H2,1-3H3,(H,15,22). The van der Waals surface area contributed by atoms with Crippen LogP contribution in [0.1, 0.15) is 31.9 Å². The predicted molar refractivity (Wildman–Crippen MR) is 91.2 cm³/mol. The third-order valence-corrected chi connectivity index (χ3v) is 4.32. The van der Waals surface area contributed by atoms with Gasteiger partial charge in [0.2, 0.25) is 0 Å². The van der Waals surface area contributed by atoms with Crippen LogP contribution in [-0.4, -0.2) is 20.6 Å². The van der Waals surface area contributed by atoms with E-state index < -0.39 is 21.2 Å². The zero-order chi connectivity index (χ0) is 17.8. The Kier molecular flexibility index (Phi) is 6.00. The van der Waals surface area contributed by atoms with Gasteiger partial charge in [0, 0.05) is 11.8 Å². The number of benzene rings is 1. The van der Waals surface area contributed by atoms with Gasteiger partial charge in [-0.2, -0.15) is 5.26 Å². The van der Waals surface area contributed by atoms with Crippen molar-refractivity contribution in [3.05, 3.63) is 43.5 Å². The minimum Gasteiger partial charge on any atom is -0.320 e. The van der Waals surface area contributed by atoms with E-state index >= 15 is 0 Å². The molecule has 8 nitrogen and oxygen atoms in total. The summed E-state index contributed by atoms with van der Waals surface area (Å²) in [5.41, 5.74) is -1.40. The average Bonchev–Trinajstić information content (AvgIpc) is 2.43. The van der Waals surface area contributed by atoms with Crippen LogP contribution in [0, 0.1) is 37.0 Å². The molecule has 0 aliphatic heterocycles. The minimum absolute atomic E-state index is 0.00241. The highest BCUT2D eigenvalue weighted by Gasteiger charge is 2.27. The van der Waals surface area contributed by atoms with Crippen LogP contribution in [0.3, 0.4) is 0 Å². The fourth-order valence-corrected chi connectivity index (χ4v) is 2.69. The first-order valence-electron chi connectivity index (χ1n) is 6.36. The highest BCUT2D eigenvalue weighted by molar-refractivity contribution is 7.99. The summed E-state index contributed by atoms with van der Waals surface area (Å²) in [6.07, 6.45) is 0. The van der Waals surface area contributed by atoms with Crippen molar-refractivity contribution >= 4 is 40.5 Å². The summed E-state index contributed by atoms with van der Waals surface area (Å²) in [6.45, 7) is 6.04. The van der Waals surface area contributed by atoms with E-state index in [0.717, 1.165) is 12.1 Å². The molecule has 1 aromatic carbocycles. The van der Waals surface area contributed by atoms with Crippen LogP contribution in [0.5, 0.6) is 0 Å². The van der Waals surface area contributed by atoms with Crippen molar-refractivity contribution in [3.63, 3.8) is 0 Å². The normalized spacial score (nSPS) is 10.7. The number of nitrogens with one attached hydrogen (secondary N) is 1. The summed E-state index contributed by atoms with van der Waals surface area (Å²) in [4.78, 5) is 20.4. The molecule has 0 saturated carbocycles. The molecule has 0 spiro atoms. The Labute approximate surface area is 142 Å². The molecule has 0 heterocycles. The van der Waals surface area contributed by atoms with E-state index in [1.165, 1.54) is 11.9 Å². The zero-order valence-electron chi connectivity index (χ0n) is 12.7. The molecule has 0 saturated heterocycles. The fourth-order valence-electron chi connectivity index (χ4n) is 1.56. The fraction of sp³-hybridized carbons (Fsp3) is 0.385. The molecule has 1 N–H and O–H groups in total. The molecule has 1 rings (SSSR count). The molecule has 0 fully saturated rings. The van der Waals surface area contributed by atoms with Crippen molar-refractivity contribution < 1.29 is 9.85 Å². The van der Waals surface area contributed by atoms with E-state index in [4.69, 9.17) is 17.5 Å². The Morgan fingerprint density at radius 2 is 1.96 bits per heavy atom. The van der Waals surface area contributed by atoms with E-state index in [9.17, 15) is 20.2 Å². The van der Waals surface area contributed by atoms with E-state index in [0.29, 0.717) is 5.75 Å². The number of hydrogen-bond donors (Lipinski definition) is 1. The van der Waals surface area contributed by atoms with Crippen molar-refractivity contribution in [1.82, 2.24) is 4.72 Å². The van der Waals surface area contributed by atoms with Crippen molar-refractivity contribution in [2.24, 2.45) is 5.41 Å². The summed E-state index contributed by atoms with van der Waals surface area (Å²) in [5, 5.41) is 31.2. The lowest BCUT2D eigenvalue weighted by Crippen LogP contribution is -2.21. The zero-order valence-corrected chi connectivity index (χ0v) is 14.3. The summed E-state index contributed by atoms with van der Waals surface area (Å²) in [7, 11) is 0. The van der Waals surface area contributed by atoms with Crippen LogP contribution in [0.2, 0.25) is 0 Å². The van der Waals surface area contributed by atoms with Crippen LogP contribution in [0.4, 0.5) is 11.4 Å². The van der Waals surface area contributed by atoms with Crippen molar-refractivity contribution in [2.75, 3.05) is 5.75 Å². The number of hydrogen-bond acceptors (Lipinski definition) is 7. The van der Waals surface area contributed by atoms with Gasteiger partial charge in [0.15, 0.2) is 0 Å². The molecule has 0 atom stereocenters. The highest BCUT2D eigenvalue weighted by atomic mass is 32.2. The lowest BCUT2D eigenvalue weighted by Gasteiger charge is -2.18. The Hall–Kier alpha value is -2.25. The van der Waals surface area contributed by atoms with Crippen LogP contribution >= 0.6 is 24.2 Å². The monoisotopic (exact) mass is 354 g/mol. The Balaban J connectivity index is 3.23. The molecule has 0 aliphatic carbocycles. The Bertz CT molecular complexity index is 707. The summed E-state index contributed by atoms with van der Waals surface area (Å²) >= 11 is 6.38. The molecule has 122 valence electrons. The molecule has 0 amide bonds. The minimum atomic E-state index is -0.789. The molecule has 23 heavy (non-hydrogen) atoms. The number of rotatable bonds is 5. The molecule has 0 bridgehead atoms. The molecular formula is C13H14N4O4S2. The maximum absolute atomic E-state index is 11.2. The maximum atomic E-state index is 11.2. The average molecular weight is 354 g/mol. The number of thiocarbonyl (C=S) groups is 1. The summed E-state index contributed by atoms with van der Waals surface area (Å²) in [6, 6.07) is 3.51. The second-order valence-electron chi connectivity index (χ2n) is 5.79. The number of nitro groups is 2. The molecule has 10 heteroatoms. The number of nitriles is 1. The first kappa shape index (κ1) is 18.8. The van der Waals surface area contributed by atoms with Gasteiger partial charge < -0.3 is 4.72 Å². The third-order valence-electron chi connectivity index (χ3n) is 2.53. The van der Waals surface area contributed by atoms with Gasteiger partial charge in [0.1, 0.15) is 16.6 Å². The Morgan fingerprint density at radius 1 is 1.35 bits per heavy atom. The first-order valence-corrected chi connectivity index (χ1v) is 7.75. The summed E-state index contributed by atoms with van der Waals surface area (Å²) in [5.74, 6) is 0.676. The molecule has 0 unspecified atom stereocenters. The van der Waals surface area contributed by atoms with Gasteiger partial charge in [0.05, 0.1) is 21.5 Å². The van der Waals surface area contributed by atoms with E-state index in [1.54, 1.807) is 6.07 Å². The first-order chi connectivity index (χ1) is 10.6. The van der Waals surface area contributed by atoms with E-state index in [2.05, 4.69) is 4.72 Å². The lowest BCUT2D eigenvalue weighted by atomic mass is 10.0. The predicted octanol–water partition coefficient (Wildman–Crippen LogP) is 3.33. The van der Waals surface area contributed by atoms with Gasteiger partial charge in [-0.3, -0.25) is 20.2 Å². The number of non-ortho nitro benzene ring substituents is 1. The van der Waals surface area contributed by atoms with E-state index in [1.807, 2.05) is 20.8 Å². The Morgan fingerprint density at radius 3 is 2.39 bits per heavy atom. The second-order valence-corrected chi connectivity index (χ2v) is 6.98. The van der Waals surface area contributed by atoms with Gasteiger partial charge in [-0.15, -0.1) is 0 Å². The molecule has 1 aromatic rings. The van der Waals surface area contributed by atoms with Gasteiger partial charge >= 0.3 is 0 Å². The SMILES string of the molecule is CC(C)(C)CSNC(=S)c1c(C#N)cc([N+](=O)[O-])cc1[N+](=O)[O-]. The van der Waals surface area contributed by atoms with Crippen molar-refractivity contribution in [2.45, 2.75) is 20.8 Å². The van der Waals surface area contributed by atoms with Crippen LogP contribution < -0.4 is 4.72 Å². The smallest absolute Gasteiger partial charge is 0.287 e.